The molecule has 3 unspecified atom stereocenters. The number of nitrogens with one attached hydrogen (secondary N) is 1. The van der Waals surface area contributed by atoms with Crippen molar-refractivity contribution >= 4 is 0 Å². The van der Waals surface area contributed by atoms with E-state index in [0.29, 0.717) is 12.2 Å². The topological polar surface area (TPSA) is 24.5 Å². The van der Waals surface area contributed by atoms with Gasteiger partial charge < -0.3 is 10.1 Å². The van der Waals surface area contributed by atoms with Crippen LogP contribution in [0.4, 0.5) is 0 Å². The van der Waals surface area contributed by atoms with E-state index in [4.69, 9.17) is 4.74 Å². The molecule has 0 bridgehead atoms. The zero-order valence-electron chi connectivity index (χ0n) is 10.0. The molecular formula is C12H24N2O. The van der Waals surface area contributed by atoms with E-state index in [0.717, 1.165) is 19.1 Å². The Hall–Kier alpha value is -0.120. The van der Waals surface area contributed by atoms with E-state index in [2.05, 4.69) is 24.1 Å². The SMILES string of the molecule is CC1CN(CC2CCCCN2)CC(C)O1. The molecule has 0 aromatic carbocycles. The fraction of sp³-hybridized carbons (Fsp3) is 1.00. The number of morpholine rings is 1. The van der Waals surface area contributed by atoms with Crippen molar-refractivity contribution in [1.82, 2.24) is 10.2 Å². The summed E-state index contributed by atoms with van der Waals surface area (Å²) in [6.07, 6.45) is 4.90. The maximum atomic E-state index is 5.74. The highest BCUT2D eigenvalue weighted by atomic mass is 16.5. The molecule has 2 rings (SSSR count). The van der Waals surface area contributed by atoms with Gasteiger partial charge >= 0.3 is 0 Å². The van der Waals surface area contributed by atoms with Crippen LogP contribution in [0.5, 0.6) is 0 Å². The Balaban J connectivity index is 1.77. The predicted molar refractivity (Wildman–Crippen MR) is 62.1 cm³/mol. The fourth-order valence-electron chi connectivity index (χ4n) is 2.82. The van der Waals surface area contributed by atoms with Gasteiger partial charge in [-0.25, -0.2) is 0 Å². The van der Waals surface area contributed by atoms with Crippen LogP contribution in [-0.2, 0) is 4.74 Å². The Bertz CT molecular complexity index is 182. The van der Waals surface area contributed by atoms with Crippen LogP contribution in [0.3, 0.4) is 0 Å². The van der Waals surface area contributed by atoms with Crippen LogP contribution in [0, 0.1) is 0 Å². The van der Waals surface area contributed by atoms with Gasteiger partial charge in [-0.3, -0.25) is 4.90 Å². The molecule has 0 aromatic rings. The lowest BCUT2D eigenvalue weighted by molar-refractivity contribution is -0.0703. The van der Waals surface area contributed by atoms with Crippen molar-refractivity contribution in [3.8, 4) is 0 Å². The lowest BCUT2D eigenvalue weighted by Crippen LogP contribution is -2.51. The smallest absolute Gasteiger partial charge is 0.0678 e. The molecule has 2 aliphatic heterocycles. The van der Waals surface area contributed by atoms with Crippen molar-refractivity contribution in [2.24, 2.45) is 0 Å². The fourth-order valence-corrected chi connectivity index (χ4v) is 2.82. The third-order valence-corrected chi connectivity index (χ3v) is 3.39. The molecule has 2 heterocycles. The van der Waals surface area contributed by atoms with Gasteiger partial charge in [0.05, 0.1) is 12.2 Å². The molecule has 3 nitrogen and oxygen atoms in total. The maximum Gasteiger partial charge on any atom is 0.0678 e. The molecular weight excluding hydrogens is 188 g/mol. The molecule has 0 amide bonds. The molecule has 15 heavy (non-hydrogen) atoms. The highest BCUT2D eigenvalue weighted by Gasteiger charge is 2.24. The van der Waals surface area contributed by atoms with Gasteiger partial charge in [0.15, 0.2) is 0 Å². The van der Waals surface area contributed by atoms with Gasteiger partial charge in [0.1, 0.15) is 0 Å². The zero-order chi connectivity index (χ0) is 10.7. The molecule has 88 valence electrons. The van der Waals surface area contributed by atoms with Crippen LogP contribution >= 0.6 is 0 Å². The summed E-state index contributed by atoms with van der Waals surface area (Å²) in [4.78, 5) is 2.56. The number of hydrogen-bond acceptors (Lipinski definition) is 3. The van der Waals surface area contributed by atoms with Crippen molar-refractivity contribution in [2.75, 3.05) is 26.2 Å². The molecule has 0 radical (unpaired) electrons. The second kappa shape index (κ2) is 5.28. The van der Waals surface area contributed by atoms with Crippen molar-refractivity contribution in [3.05, 3.63) is 0 Å². The second-order valence-electron chi connectivity index (χ2n) is 5.12. The van der Waals surface area contributed by atoms with E-state index in [9.17, 15) is 0 Å². The molecule has 0 aromatic heterocycles. The molecule has 0 spiro atoms. The van der Waals surface area contributed by atoms with Gasteiger partial charge in [-0.1, -0.05) is 6.42 Å². The first-order valence-corrected chi connectivity index (χ1v) is 6.35. The zero-order valence-corrected chi connectivity index (χ0v) is 10.0. The number of rotatable bonds is 2. The van der Waals surface area contributed by atoms with Crippen LogP contribution < -0.4 is 5.32 Å². The first-order chi connectivity index (χ1) is 7.24. The van der Waals surface area contributed by atoms with Gasteiger partial charge in [0.25, 0.3) is 0 Å². The van der Waals surface area contributed by atoms with E-state index >= 15 is 0 Å². The van der Waals surface area contributed by atoms with E-state index in [1.54, 1.807) is 0 Å². The van der Waals surface area contributed by atoms with E-state index in [1.807, 2.05) is 0 Å². The quantitative estimate of drug-likeness (QED) is 0.745. The highest BCUT2D eigenvalue weighted by molar-refractivity contribution is 4.80. The van der Waals surface area contributed by atoms with Crippen molar-refractivity contribution in [3.63, 3.8) is 0 Å². The third kappa shape index (κ3) is 3.44. The van der Waals surface area contributed by atoms with Gasteiger partial charge in [-0.15, -0.1) is 0 Å². The molecule has 0 aliphatic carbocycles. The summed E-state index contributed by atoms with van der Waals surface area (Å²) in [5.41, 5.74) is 0. The third-order valence-electron chi connectivity index (χ3n) is 3.39. The van der Waals surface area contributed by atoms with Gasteiger partial charge in [-0.05, 0) is 33.2 Å². The second-order valence-corrected chi connectivity index (χ2v) is 5.12. The van der Waals surface area contributed by atoms with Crippen molar-refractivity contribution < 1.29 is 4.74 Å². The van der Waals surface area contributed by atoms with E-state index in [-0.39, 0.29) is 0 Å². The van der Waals surface area contributed by atoms with Crippen LogP contribution in [0.15, 0.2) is 0 Å². The average molecular weight is 212 g/mol. The van der Waals surface area contributed by atoms with Crippen LogP contribution in [0.25, 0.3) is 0 Å². The summed E-state index contributed by atoms with van der Waals surface area (Å²) in [7, 11) is 0. The summed E-state index contributed by atoms with van der Waals surface area (Å²) >= 11 is 0. The summed E-state index contributed by atoms with van der Waals surface area (Å²) in [5, 5.41) is 3.61. The maximum absolute atomic E-state index is 5.74. The summed E-state index contributed by atoms with van der Waals surface area (Å²) in [6.45, 7) is 8.97. The Morgan fingerprint density at radius 2 is 1.93 bits per heavy atom. The molecule has 2 saturated heterocycles. The minimum atomic E-state index is 0.400. The molecule has 2 aliphatic rings. The van der Waals surface area contributed by atoms with Crippen molar-refractivity contribution in [2.45, 2.75) is 51.4 Å². The lowest BCUT2D eigenvalue weighted by atomic mass is 10.0. The van der Waals surface area contributed by atoms with Crippen LogP contribution in [0.2, 0.25) is 0 Å². The standard InChI is InChI=1S/C12H24N2O/c1-10-7-14(8-11(2)15-10)9-12-5-3-4-6-13-12/h10-13H,3-9H2,1-2H3. The largest absolute Gasteiger partial charge is 0.373 e. The number of ether oxygens (including phenoxy) is 1. The summed E-state index contributed by atoms with van der Waals surface area (Å²) in [6, 6.07) is 0.719. The van der Waals surface area contributed by atoms with Crippen molar-refractivity contribution in [1.29, 1.82) is 0 Å². The van der Waals surface area contributed by atoms with Gasteiger partial charge in [-0.2, -0.15) is 0 Å². The minimum absolute atomic E-state index is 0.400. The average Bonchev–Trinajstić information content (AvgIpc) is 2.17. The molecule has 2 fully saturated rings. The Morgan fingerprint density at radius 3 is 2.53 bits per heavy atom. The molecule has 1 N–H and O–H groups in total. The van der Waals surface area contributed by atoms with E-state index in [1.165, 1.54) is 32.4 Å². The van der Waals surface area contributed by atoms with Gasteiger partial charge in [0.2, 0.25) is 0 Å². The van der Waals surface area contributed by atoms with E-state index < -0.39 is 0 Å². The molecule has 3 heteroatoms. The van der Waals surface area contributed by atoms with Gasteiger partial charge in [0, 0.05) is 25.7 Å². The van der Waals surface area contributed by atoms with Crippen LogP contribution in [-0.4, -0.2) is 49.3 Å². The Kier molecular flexibility index (Phi) is 4.00. The van der Waals surface area contributed by atoms with Crippen LogP contribution in [0.1, 0.15) is 33.1 Å². The minimum Gasteiger partial charge on any atom is -0.373 e. The number of piperidine rings is 1. The number of hydrogen-bond donors (Lipinski definition) is 1. The first-order valence-electron chi connectivity index (χ1n) is 6.35. The normalized spacial score (nSPS) is 39.2. The predicted octanol–water partition coefficient (Wildman–Crippen LogP) is 1.24. The molecule has 3 atom stereocenters. The lowest BCUT2D eigenvalue weighted by Gasteiger charge is -2.38. The first kappa shape index (κ1) is 11.4. The Morgan fingerprint density at radius 1 is 1.20 bits per heavy atom. The monoisotopic (exact) mass is 212 g/mol. The molecule has 0 saturated carbocycles. The summed E-state index contributed by atoms with van der Waals surface area (Å²) < 4.78 is 5.74. The Labute approximate surface area is 93.2 Å². The number of nitrogens with zero attached hydrogens (tertiary/aromatic N) is 1. The highest BCUT2D eigenvalue weighted by Crippen LogP contribution is 2.14. The summed E-state index contributed by atoms with van der Waals surface area (Å²) in [5.74, 6) is 0.